The Hall–Kier alpha value is -3.81. The molecule has 2 aromatic carbocycles. The highest BCUT2D eigenvalue weighted by molar-refractivity contribution is 5.94. The molecule has 4 rings (SSSR count). The number of hydrogen-bond donors (Lipinski definition) is 1. The zero-order valence-electron chi connectivity index (χ0n) is 16.8. The summed E-state index contributed by atoms with van der Waals surface area (Å²) in [6, 6.07) is 13.1. The Morgan fingerprint density at radius 3 is 2.73 bits per heavy atom. The monoisotopic (exact) mass is 407 g/mol. The van der Waals surface area contributed by atoms with E-state index in [2.05, 4.69) is 10.4 Å². The lowest BCUT2D eigenvalue weighted by molar-refractivity contribution is -0.119. The zero-order chi connectivity index (χ0) is 21.3. The van der Waals surface area contributed by atoms with Crippen molar-refractivity contribution in [3.8, 4) is 28.5 Å². The molecule has 3 aromatic rings. The molecule has 0 saturated heterocycles. The van der Waals surface area contributed by atoms with Crippen molar-refractivity contribution in [3.63, 3.8) is 0 Å². The molecule has 30 heavy (non-hydrogen) atoms. The Morgan fingerprint density at radius 1 is 1.13 bits per heavy atom. The number of nitrogens with zero attached hydrogens (tertiary/aromatic N) is 2. The molecule has 0 aliphatic carbocycles. The van der Waals surface area contributed by atoms with Crippen LogP contribution in [0.4, 0.5) is 5.69 Å². The van der Waals surface area contributed by atoms with Crippen molar-refractivity contribution in [1.82, 2.24) is 9.78 Å². The molecule has 0 bridgehead atoms. The fourth-order valence-corrected chi connectivity index (χ4v) is 3.18. The van der Waals surface area contributed by atoms with E-state index in [1.165, 1.54) is 13.2 Å². The van der Waals surface area contributed by atoms with Crippen LogP contribution in [0.2, 0.25) is 0 Å². The van der Waals surface area contributed by atoms with Gasteiger partial charge in [-0.15, -0.1) is 0 Å². The molecule has 1 amide bonds. The molecular formula is C22H21N3O5. The van der Waals surface area contributed by atoms with E-state index in [0.717, 1.165) is 15.8 Å². The number of hydrogen-bond acceptors (Lipinski definition) is 6. The molecule has 1 N–H and O–H groups in total. The molecule has 8 heteroatoms. The number of carbonyl (C=O) groups is 1. The second kappa shape index (κ2) is 7.90. The van der Waals surface area contributed by atoms with Crippen molar-refractivity contribution in [1.29, 1.82) is 0 Å². The third kappa shape index (κ3) is 3.71. The molecule has 1 aliphatic heterocycles. The van der Waals surface area contributed by atoms with Crippen LogP contribution in [-0.2, 0) is 4.79 Å². The summed E-state index contributed by atoms with van der Waals surface area (Å²) in [5, 5.41) is 7.23. The van der Waals surface area contributed by atoms with Crippen molar-refractivity contribution < 1.29 is 19.0 Å². The Bertz CT molecular complexity index is 1170. The van der Waals surface area contributed by atoms with Crippen molar-refractivity contribution >= 4 is 11.6 Å². The molecule has 0 radical (unpaired) electrons. The van der Waals surface area contributed by atoms with Gasteiger partial charge in [0.05, 0.1) is 18.5 Å². The van der Waals surface area contributed by atoms with E-state index in [0.29, 0.717) is 28.6 Å². The van der Waals surface area contributed by atoms with Gasteiger partial charge in [0.15, 0.2) is 11.5 Å². The number of carbonyl (C=O) groups excluding carboxylic acids is 1. The van der Waals surface area contributed by atoms with Crippen molar-refractivity contribution in [3.05, 3.63) is 64.4 Å². The first kappa shape index (κ1) is 19.5. The fourth-order valence-electron chi connectivity index (χ4n) is 3.18. The van der Waals surface area contributed by atoms with Gasteiger partial charge in [-0.05, 0) is 55.8 Å². The lowest BCUT2D eigenvalue weighted by Gasteiger charge is -2.17. The maximum Gasteiger partial charge on any atom is 0.267 e. The molecule has 154 valence electrons. The van der Waals surface area contributed by atoms with Gasteiger partial charge < -0.3 is 19.5 Å². The van der Waals surface area contributed by atoms with Crippen molar-refractivity contribution in [2.24, 2.45) is 0 Å². The first-order valence-corrected chi connectivity index (χ1v) is 9.41. The van der Waals surface area contributed by atoms with E-state index >= 15 is 0 Å². The largest absolute Gasteiger partial charge is 0.495 e. The van der Waals surface area contributed by atoms with Crippen LogP contribution in [-0.4, -0.2) is 29.6 Å². The zero-order valence-corrected chi connectivity index (χ0v) is 16.8. The molecule has 8 nitrogen and oxygen atoms in total. The predicted octanol–water partition coefficient (Wildman–Crippen LogP) is 3.16. The highest BCUT2D eigenvalue weighted by Crippen LogP contribution is 2.35. The second-order valence-electron chi connectivity index (χ2n) is 6.94. The van der Waals surface area contributed by atoms with Crippen LogP contribution in [0.1, 0.15) is 18.5 Å². The summed E-state index contributed by atoms with van der Waals surface area (Å²) in [6.45, 7) is 3.71. The van der Waals surface area contributed by atoms with E-state index in [1.54, 1.807) is 31.2 Å². The van der Waals surface area contributed by atoms with Crippen LogP contribution >= 0.6 is 0 Å². The van der Waals surface area contributed by atoms with Gasteiger partial charge in [0.1, 0.15) is 11.8 Å². The predicted molar refractivity (Wildman–Crippen MR) is 111 cm³/mol. The summed E-state index contributed by atoms with van der Waals surface area (Å²) in [5.41, 5.74) is 2.42. The van der Waals surface area contributed by atoms with E-state index in [1.807, 2.05) is 25.1 Å². The quantitative estimate of drug-likeness (QED) is 0.699. The average Bonchev–Trinajstić information content (AvgIpc) is 3.21. The lowest BCUT2D eigenvalue weighted by Crippen LogP contribution is -2.33. The summed E-state index contributed by atoms with van der Waals surface area (Å²) < 4.78 is 17.2. The van der Waals surface area contributed by atoms with E-state index in [4.69, 9.17) is 14.2 Å². The molecule has 0 fully saturated rings. The van der Waals surface area contributed by atoms with Gasteiger partial charge in [-0.1, -0.05) is 6.07 Å². The Labute approximate surface area is 173 Å². The highest BCUT2D eigenvalue weighted by Gasteiger charge is 2.20. The summed E-state index contributed by atoms with van der Waals surface area (Å²) in [7, 11) is 1.53. The van der Waals surface area contributed by atoms with Crippen LogP contribution in [0.3, 0.4) is 0 Å². The van der Waals surface area contributed by atoms with Crippen molar-refractivity contribution in [2.45, 2.75) is 19.9 Å². The van der Waals surface area contributed by atoms with Crippen LogP contribution in [0, 0.1) is 6.92 Å². The summed E-state index contributed by atoms with van der Waals surface area (Å²) in [6.07, 6.45) is 0. The highest BCUT2D eigenvalue weighted by atomic mass is 16.7. The SMILES string of the molecule is COc1ccc(C)cc1NC(=O)C(C)n1nc(-c2ccc3c(c2)OCO3)ccc1=O. The topological polar surface area (TPSA) is 91.7 Å². The normalized spacial score (nSPS) is 13.0. The first-order chi connectivity index (χ1) is 14.5. The number of rotatable bonds is 5. The minimum atomic E-state index is -0.836. The average molecular weight is 407 g/mol. The van der Waals surface area contributed by atoms with Crippen LogP contribution < -0.4 is 25.1 Å². The molecule has 1 aliphatic rings. The number of methoxy groups -OCH3 is 1. The smallest absolute Gasteiger partial charge is 0.267 e. The van der Waals surface area contributed by atoms with Crippen molar-refractivity contribution in [2.75, 3.05) is 19.2 Å². The Balaban J connectivity index is 1.62. The maximum atomic E-state index is 12.8. The van der Waals surface area contributed by atoms with E-state index < -0.39 is 6.04 Å². The van der Waals surface area contributed by atoms with Crippen LogP contribution in [0.15, 0.2) is 53.3 Å². The van der Waals surface area contributed by atoms with Gasteiger partial charge in [0, 0.05) is 11.6 Å². The van der Waals surface area contributed by atoms with Gasteiger partial charge in [0.2, 0.25) is 12.7 Å². The minimum Gasteiger partial charge on any atom is -0.495 e. The van der Waals surface area contributed by atoms with Gasteiger partial charge in [-0.25, -0.2) is 4.68 Å². The molecule has 2 heterocycles. The summed E-state index contributed by atoms with van der Waals surface area (Å²) in [4.78, 5) is 25.3. The summed E-state index contributed by atoms with van der Waals surface area (Å²) in [5.74, 6) is 1.43. The molecular weight excluding hydrogens is 386 g/mol. The molecule has 1 aromatic heterocycles. The van der Waals surface area contributed by atoms with Gasteiger partial charge in [0.25, 0.3) is 5.56 Å². The standard InChI is InChI=1S/C22H21N3O5/c1-13-4-7-18(28-3)17(10-13)23-22(27)14(2)25-21(26)9-6-16(24-25)15-5-8-19-20(11-15)30-12-29-19/h4-11,14H,12H2,1-3H3,(H,23,27). The minimum absolute atomic E-state index is 0.172. The number of aromatic nitrogens is 2. The number of fused-ring (bicyclic) bond motifs is 1. The van der Waals surface area contributed by atoms with E-state index in [9.17, 15) is 9.59 Å². The maximum absolute atomic E-state index is 12.8. The Kier molecular flexibility index (Phi) is 5.14. The molecule has 0 saturated carbocycles. The summed E-state index contributed by atoms with van der Waals surface area (Å²) >= 11 is 0. The van der Waals surface area contributed by atoms with Crippen LogP contribution in [0.25, 0.3) is 11.3 Å². The second-order valence-corrected chi connectivity index (χ2v) is 6.94. The number of anilines is 1. The number of amides is 1. The first-order valence-electron chi connectivity index (χ1n) is 9.41. The fraction of sp³-hybridized carbons (Fsp3) is 0.227. The number of nitrogens with one attached hydrogen (secondary N) is 1. The Morgan fingerprint density at radius 2 is 1.93 bits per heavy atom. The molecule has 1 unspecified atom stereocenters. The van der Waals surface area contributed by atoms with E-state index in [-0.39, 0.29) is 18.3 Å². The molecule has 0 spiro atoms. The molecule has 1 atom stereocenters. The van der Waals surface area contributed by atoms with Crippen LogP contribution in [0.5, 0.6) is 17.2 Å². The van der Waals surface area contributed by atoms with Gasteiger partial charge in [-0.3, -0.25) is 9.59 Å². The van der Waals surface area contributed by atoms with Gasteiger partial charge >= 0.3 is 0 Å². The number of benzene rings is 2. The number of aryl methyl sites for hydroxylation is 1. The van der Waals surface area contributed by atoms with Gasteiger partial charge in [-0.2, -0.15) is 5.10 Å². The third-order valence-electron chi connectivity index (χ3n) is 4.85. The third-order valence-corrected chi connectivity index (χ3v) is 4.85. The number of ether oxygens (including phenoxy) is 3. The lowest BCUT2D eigenvalue weighted by atomic mass is 10.1.